The first kappa shape index (κ1) is 13.8. The Morgan fingerprint density at radius 3 is 2.68 bits per heavy atom. The molecule has 6 heteroatoms. The molecular weight excluding hydrogens is 264 g/mol. The number of aryl methyl sites for hydroxylation is 2. The number of tetrazole rings is 1. The molecule has 0 fully saturated rings. The lowest BCUT2D eigenvalue weighted by Crippen LogP contribution is -2.03. The quantitative estimate of drug-likeness (QED) is 0.864. The molecule has 1 aromatic carbocycles. The molecule has 0 saturated heterocycles. The lowest BCUT2D eigenvalue weighted by Gasteiger charge is -2.15. The lowest BCUT2D eigenvalue weighted by molar-refractivity contribution is 0.291. The van der Waals surface area contributed by atoms with Crippen LogP contribution in [0.1, 0.15) is 36.7 Å². The summed E-state index contributed by atoms with van der Waals surface area (Å²) in [6.45, 7) is 6.47. The van der Waals surface area contributed by atoms with E-state index in [1.165, 1.54) is 4.80 Å². The van der Waals surface area contributed by atoms with E-state index in [4.69, 9.17) is 16.3 Å². The molecule has 0 N–H and O–H groups in total. The average molecular weight is 281 g/mol. The van der Waals surface area contributed by atoms with Gasteiger partial charge in [-0.25, -0.2) is 0 Å². The summed E-state index contributed by atoms with van der Waals surface area (Å²) >= 11 is 6.16. The average Bonchev–Trinajstić information content (AvgIpc) is 2.76. The zero-order chi connectivity index (χ0) is 14.0. The van der Waals surface area contributed by atoms with Gasteiger partial charge in [0.1, 0.15) is 5.75 Å². The minimum absolute atomic E-state index is 0.300. The summed E-state index contributed by atoms with van der Waals surface area (Å²) in [5.41, 5.74) is 2.08. The second-order valence-corrected chi connectivity index (χ2v) is 5.18. The van der Waals surface area contributed by atoms with Crippen LogP contribution in [0.4, 0.5) is 0 Å². The second-order valence-electron chi connectivity index (χ2n) is 4.78. The Labute approximate surface area is 117 Å². The van der Waals surface area contributed by atoms with Gasteiger partial charge in [-0.1, -0.05) is 25.4 Å². The second kappa shape index (κ2) is 5.57. The van der Waals surface area contributed by atoms with E-state index in [2.05, 4.69) is 29.3 Å². The molecule has 0 radical (unpaired) electrons. The molecule has 102 valence electrons. The van der Waals surface area contributed by atoms with Crippen molar-refractivity contribution in [3.05, 3.63) is 34.1 Å². The maximum absolute atomic E-state index is 6.16. The van der Waals surface area contributed by atoms with E-state index in [1.807, 2.05) is 19.1 Å². The number of benzene rings is 1. The number of ether oxygens (including phenoxy) is 1. The van der Waals surface area contributed by atoms with Crippen molar-refractivity contribution in [3.63, 3.8) is 0 Å². The molecule has 0 amide bonds. The molecule has 1 heterocycles. The summed E-state index contributed by atoms with van der Waals surface area (Å²) in [5, 5.41) is 12.5. The minimum atomic E-state index is 0.300. The van der Waals surface area contributed by atoms with Gasteiger partial charge in [-0.15, -0.1) is 10.2 Å². The van der Waals surface area contributed by atoms with Gasteiger partial charge in [-0.3, -0.25) is 0 Å². The SMILES string of the molecule is Cc1cc(OCc2nnn(C)n2)c(C(C)C)cc1Cl. The van der Waals surface area contributed by atoms with Crippen molar-refractivity contribution in [2.24, 2.45) is 7.05 Å². The Kier molecular flexibility index (Phi) is 4.04. The van der Waals surface area contributed by atoms with Crippen LogP contribution in [-0.2, 0) is 13.7 Å². The van der Waals surface area contributed by atoms with Gasteiger partial charge in [0.05, 0.1) is 7.05 Å². The molecule has 0 unspecified atom stereocenters. The van der Waals surface area contributed by atoms with Crippen molar-refractivity contribution in [3.8, 4) is 5.75 Å². The highest BCUT2D eigenvalue weighted by atomic mass is 35.5. The van der Waals surface area contributed by atoms with Crippen molar-refractivity contribution >= 4 is 11.6 Å². The Balaban J connectivity index is 2.21. The van der Waals surface area contributed by atoms with Crippen molar-refractivity contribution in [1.82, 2.24) is 20.2 Å². The molecule has 0 atom stereocenters. The molecule has 0 aliphatic heterocycles. The van der Waals surface area contributed by atoms with Gasteiger partial charge in [0, 0.05) is 5.02 Å². The number of rotatable bonds is 4. The molecule has 2 aromatic rings. The van der Waals surface area contributed by atoms with Gasteiger partial charge in [0.15, 0.2) is 6.61 Å². The van der Waals surface area contributed by atoms with Crippen LogP contribution >= 0.6 is 11.6 Å². The molecular formula is C13H17ClN4O. The fourth-order valence-corrected chi connectivity index (χ4v) is 1.94. The first-order valence-corrected chi connectivity index (χ1v) is 6.51. The summed E-state index contributed by atoms with van der Waals surface area (Å²) in [6.07, 6.45) is 0. The Morgan fingerprint density at radius 1 is 1.37 bits per heavy atom. The predicted molar refractivity (Wildman–Crippen MR) is 73.4 cm³/mol. The van der Waals surface area contributed by atoms with Crippen LogP contribution in [0.15, 0.2) is 12.1 Å². The number of hydrogen-bond donors (Lipinski definition) is 0. The van der Waals surface area contributed by atoms with Gasteiger partial charge in [-0.2, -0.15) is 4.80 Å². The summed E-state index contributed by atoms with van der Waals surface area (Å²) in [5.74, 6) is 1.72. The Bertz CT molecular complexity index is 580. The van der Waals surface area contributed by atoms with Crippen molar-refractivity contribution in [2.45, 2.75) is 33.3 Å². The first-order valence-electron chi connectivity index (χ1n) is 6.13. The van der Waals surface area contributed by atoms with E-state index >= 15 is 0 Å². The van der Waals surface area contributed by atoms with Gasteiger partial charge >= 0.3 is 0 Å². The molecule has 0 aliphatic rings. The molecule has 0 aliphatic carbocycles. The summed E-state index contributed by atoms with van der Waals surface area (Å²) in [6, 6.07) is 3.91. The van der Waals surface area contributed by atoms with Gasteiger partial charge in [0.2, 0.25) is 5.82 Å². The fraction of sp³-hybridized carbons (Fsp3) is 0.462. The van der Waals surface area contributed by atoms with Crippen molar-refractivity contribution in [2.75, 3.05) is 0 Å². The normalized spacial score (nSPS) is 11.1. The van der Waals surface area contributed by atoms with Crippen LogP contribution in [0.2, 0.25) is 5.02 Å². The summed E-state index contributed by atoms with van der Waals surface area (Å²) in [7, 11) is 1.72. The third-order valence-electron chi connectivity index (χ3n) is 2.82. The van der Waals surface area contributed by atoms with E-state index in [0.29, 0.717) is 18.3 Å². The third-order valence-corrected chi connectivity index (χ3v) is 3.23. The molecule has 0 spiro atoms. The highest BCUT2D eigenvalue weighted by molar-refractivity contribution is 6.31. The maximum Gasteiger partial charge on any atom is 0.212 e. The maximum atomic E-state index is 6.16. The van der Waals surface area contributed by atoms with E-state index in [-0.39, 0.29) is 0 Å². The number of hydrogen-bond acceptors (Lipinski definition) is 4. The van der Waals surface area contributed by atoms with Crippen LogP contribution < -0.4 is 4.74 Å². The predicted octanol–water partition coefficient (Wildman–Crippen LogP) is 2.87. The minimum Gasteiger partial charge on any atom is -0.485 e. The van der Waals surface area contributed by atoms with Gasteiger partial charge in [-0.05, 0) is 41.3 Å². The molecule has 1 aromatic heterocycles. The Morgan fingerprint density at radius 2 is 2.11 bits per heavy atom. The van der Waals surface area contributed by atoms with E-state index < -0.39 is 0 Å². The highest BCUT2D eigenvalue weighted by Gasteiger charge is 2.12. The molecule has 0 bridgehead atoms. The summed E-state index contributed by atoms with van der Waals surface area (Å²) < 4.78 is 5.80. The van der Waals surface area contributed by atoms with Crippen LogP contribution in [0, 0.1) is 6.92 Å². The largest absolute Gasteiger partial charge is 0.485 e. The van der Waals surface area contributed by atoms with Gasteiger partial charge in [0.25, 0.3) is 0 Å². The van der Waals surface area contributed by atoms with E-state index in [9.17, 15) is 0 Å². The van der Waals surface area contributed by atoms with E-state index in [0.717, 1.165) is 21.9 Å². The molecule has 5 nitrogen and oxygen atoms in total. The zero-order valence-corrected chi connectivity index (χ0v) is 12.3. The molecule has 2 rings (SSSR count). The number of nitrogens with zero attached hydrogens (tertiary/aromatic N) is 4. The third kappa shape index (κ3) is 3.23. The highest BCUT2D eigenvalue weighted by Crippen LogP contribution is 2.32. The fourth-order valence-electron chi connectivity index (χ4n) is 1.77. The van der Waals surface area contributed by atoms with Gasteiger partial charge < -0.3 is 4.74 Å². The standard InChI is InChI=1S/C13H17ClN4O/c1-8(2)10-6-11(14)9(3)5-12(10)19-7-13-15-17-18(4)16-13/h5-6,8H,7H2,1-4H3. The van der Waals surface area contributed by atoms with Crippen molar-refractivity contribution < 1.29 is 4.74 Å². The van der Waals surface area contributed by atoms with Crippen LogP contribution in [0.25, 0.3) is 0 Å². The number of aromatic nitrogens is 4. The molecule has 19 heavy (non-hydrogen) atoms. The van der Waals surface area contributed by atoms with Crippen molar-refractivity contribution in [1.29, 1.82) is 0 Å². The Hall–Kier alpha value is -1.62. The first-order chi connectivity index (χ1) is 8.97. The smallest absolute Gasteiger partial charge is 0.212 e. The van der Waals surface area contributed by atoms with Crippen LogP contribution in [0.5, 0.6) is 5.75 Å². The topological polar surface area (TPSA) is 52.8 Å². The zero-order valence-electron chi connectivity index (χ0n) is 11.5. The monoisotopic (exact) mass is 280 g/mol. The van der Waals surface area contributed by atoms with Crippen LogP contribution in [-0.4, -0.2) is 20.2 Å². The van der Waals surface area contributed by atoms with Crippen LogP contribution in [0.3, 0.4) is 0 Å². The van der Waals surface area contributed by atoms with E-state index in [1.54, 1.807) is 7.05 Å². The lowest BCUT2D eigenvalue weighted by atomic mass is 10.0. The number of halogens is 1. The molecule has 0 saturated carbocycles. The summed E-state index contributed by atoms with van der Waals surface area (Å²) in [4.78, 5) is 1.41.